The van der Waals surface area contributed by atoms with Crippen molar-refractivity contribution in [3.05, 3.63) is 36.5 Å². The molecule has 1 aromatic carbocycles. The Hall–Kier alpha value is -1.82. The lowest BCUT2D eigenvalue weighted by Gasteiger charge is -1.98. The zero-order valence-corrected chi connectivity index (χ0v) is 11.4. The molecular formula is C13H14N4OS. The number of nitrogens with zero attached hydrogens (tertiary/aromatic N) is 4. The molecular weight excluding hydrogens is 260 g/mol. The van der Waals surface area contributed by atoms with Crippen LogP contribution in [0.5, 0.6) is 0 Å². The van der Waals surface area contributed by atoms with Crippen LogP contribution in [0, 0.1) is 0 Å². The molecule has 98 valence electrons. The van der Waals surface area contributed by atoms with Crippen molar-refractivity contribution in [3.63, 3.8) is 0 Å². The van der Waals surface area contributed by atoms with Gasteiger partial charge in [-0.05, 0) is 18.6 Å². The van der Waals surface area contributed by atoms with Crippen molar-refractivity contribution in [2.75, 3.05) is 5.75 Å². The van der Waals surface area contributed by atoms with Gasteiger partial charge in [-0.1, -0.05) is 23.9 Å². The van der Waals surface area contributed by atoms with Crippen LogP contribution in [0.15, 0.2) is 40.2 Å². The highest BCUT2D eigenvalue weighted by Gasteiger charge is 2.05. The second-order valence-electron chi connectivity index (χ2n) is 4.25. The van der Waals surface area contributed by atoms with Crippen LogP contribution in [0.2, 0.25) is 0 Å². The van der Waals surface area contributed by atoms with Crippen molar-refractivity contribution in [1.29, 1.82) is 0 Å². The van der Waals surface area contributed by atoms with Gasteiger partial charge in [0.15, 0.2) is 16.6 Å². The van der Waals surface area contributed by atoms with Crippen LogP contribution >= 0.6 is 11.8 Å². The molecule has 0 saturated heterocycles. The van der Waals surface area contributed by atoms with E-state index in [1.807, 2.05) is 35.9 Å². The van der Waals surface area contributed by atoms with Crippen molar-refractivity contribution in [3.8, 4) is 0 Å². The molecule has 0 aliphatic rings. The molecule has 0 saturated carbocycles. The fourth-order valence-corrected chi connectivity index (χ4v) is 2.64. The molecule has 3 aromatic rings. The van der Waals surface area contributed by atoms with Gasteiger partial charge < -0.3 is 8.98 Å². The Morgan fingerprint density at radius 3 is 3.00 bits per heavy atom. The smallest absolute Gasteiger partial charge is 0.195 e. The van der Waals surface area contributed by atoms with Crippen molar-refractivity contribution in [2.45, 2.75) is 18.0 Å². The molecule has 0 amide bonds. The summed E-state index contributed by atoms with van der Waals surface area (Å²) in [6.07, 6.45) is 3.56. The Bertz CT molecular complexity index is 643. The van der Waals surface area contributed by atoms with Crippen LogP contribution < -0.4 is 0 Å². The fourth-order valence-electron chi connectivity index (χ4n) is 1.82. The minimum absolute atomic E-state index is 0.805. The Morgan fingerprint density at radius 1 is 1.32 bits per heavy atom. The molecule has 0 unspecified atom stereocenters. The first-order valence-electron chi connectivity index (χ1n) is 6.14. The van der Waals surface area contributed by atoms with Gasteiger partial charge in [-0.3, -0.25) is 0 Å². The van der Waals surface area contributed by atoms with Crippen molar-refractivity contribution < 1.29 is 4.42 Å². The molecule has 0 N–H and O–H groups in total. The van der Waals surface area contributed by atoms with Gasteiger partial charge in [-0.25, -0.2) is 4.98 Å². The third-order valence-electron chi connectivity index (χ3n) is 2.77. The Kier molecular flexibility index (Phi) is 3.50. The van der Waals surface area contributed by atoms with E-state index in [4.69, 9.17) is 4.42 Å². The first kappa shape index (κ1) is 12.2. The lowest BCUT2D eigenvalue weighted by atomic mass is 10.3. The predicted molar refractivity (Wildman–Crippen MR) is 74.1 cm³/mol. The van der Waals surface area contributed by atoms with Gasteiger partial charge in [-0.2, -0.15) is 0 Å². The van der Waals surface area contributed by atoms with Gasteiger partial charge in [0.05, 0.1) is 0 Å². The number of rotatable bonds is 5. The number of thioether (sulfide) groups is 1. The number of oxazole rings is 1. The Morgan fingerprint density at radius 2 is 2.21 bits per heavy atom. The van der Waals surface area contributed by atoms with E-state index in [1.54, 1.807) is 18.1 Å². The third-order valence-corrected chi connectivity index (χ3v) is 3.89. The summed E-state index contributed by atoms with van der Waals surface area (Å²) in [5, 5.41) is 8.82. The van der Waals surface area contributed by atoms with Crippen LogP contribution in [-0.4, -0.2) is 25.5 Å². The number of aromatic nitrogens is 4. The van der Waals surface area contributed by atoms with E-state index in [-0.39, 0.29) is 0 Å². The van der Waals surface area contributed by atoms with Crippen molar-refractivity contribution >= 4 is 22.9 Å². The molecule has 0 aliphatic carbocycles. The summed E-state index contributed by atoms with van der Waals surface area (Å²) >= 11 is 1.70. The van der Waals surface area contributed by atoms with E-state index in [0.29, 0.717) is 0 Å². The largest absolute Gasteiger partial charge is 0.441 e. The van der Waals surface area contributed by atoms with Gasteiger partial charge in [0, 0.05) is 19.2 Å². The van der Waals surface area contributed by atoms with E-state index in [2.05, 4.69) is 15.2 Å². The average Bonchev–Trinajstić information content (AvgIpc) is 3.00. The number of aryl methyl sites for hydroxylation is 2. The monoisotopic (exact) mass is 274 g/mol. The van der Waals surface area contributed by atoms with Crippen LogP contribution in [0.3, 0.4) is 0 Å². The maximum atomic E-state index is 5.68. The molecule has 5 nitrogen and oxygen atoms in total. The van der Waals surface area contributed by atoms with E-state index in [9.17, 15) is 0 Å². The summed E-state index contributed by atoms with van der Waals surface area (Å²) in [6.45, 7) is 0. The minimum Gasteiger partial charge on any atom is -0.441 e. The SMILES string of the molecule is Cn1cnnc1SCCCc1nc2ccccc2o1. The summed E-state index contributed by atoms with van der Waals surface area (Å²) in [4.78, 5) is 4.46. The molecule has 0 spiro atoms. The van der Waals surface area contributed by atoms with E-state index in [0.717, 1.165) is 40.7 Å². The van der Waals surface area contributed by atoms with Crippen LogP contribution in [0.4, 0.5) is 0 Å². The second-order valence-corrected chi connectivity index (χ2v) is 5.31. The van der Waals surface area contributed by atoms with Crippen LogP contribution in [-0.2, 0) is 13.5 Å². The summed E-state index contributed by atoms with van der Waals surface area (Å²) in [5.74, 6) is 1.78. The van der Waals surface area contributed by atoms with E-state index in [1.165, 1.54) is 0 Å². The summed E-state index contributed by atoms with van der Waals surface area (Å²) < 4.78 is 7.60. The average molecular weight is 274 g/mol. The van der Waals surface area contributed by atoms with Crippen LogP contribution in [0.25, 0.3) is 11.1 Å². The van der Waals surface area contributed by atoms with E-state index >= 15 is 0 Å². The van der Waals surface area contributed by atoms with Crippen molar-refractivity contribution in [2.24, 2.45) is 7.05 Å². The number of hydrogen-bond donors (Lipinski definition) is 0. The van der Waals surface area contributed by atoms with Gasteiger partial charge in [0.1, 0.15) is 11.8 Å². The maximum absolute atomic E-state index is 5.68. The van der Waals surface area contributed by atoms with Crippen LogP contribution in [0.1, 0.15) is 12.3 Å². The molecule has 3 rings (SSSR count). The predicted octanol–water partition coefficient (Wildman–Crippen LogP) is 2.68. The van der Waals surface area contributed by atoms with Gasteiger partial charge in [0.2, 0.25) is 0 Å². The van der Waals surface area contributed by atoms with Gasteiger partial charge >= 0.3 is 0 Å². The maximum Gasteiger partial charge on any atom is 0.195 e. The normalized spacial score (nSPS) is 11.2. The molecule has 2 heterocycles. The molecule has 0 radical (unpaired) electrons. The molecule has 6 heteroatoms. The first-order chi connectivity index (χ1) is 9.33. The lowest BCUT2D eigenvalue weighted by molar-refractivity contribution is 0.526. The molecule has 2 aromatic heterocycles. The number of hydrogen-bond acceptors (Lipinski definition) is 5. The molecule has 0 aliphatic heterocycles. The third kappa shape index (κ3) is 2.78. The van der Waals surface area contributed by atoms with Crippen molar-refractivity contribution in [1.82, 2.24) is 19.7 Å². The number of fused-ring (bicyclic) bond motifs is 1. The highest BCUT2D eigenvalue weighted by atomic mass is 32.2. The minimum atomic E-state index is 0.805. The number of para-hydroxylation sites is 2. The molecule has 19 heavy (non-hydrogen) atoms. The molecule has 0 bridgehead atoms. The van der Waals surface area contributed by atoms with Gasteiger partial charge in [-0.15, -0.1) is 10.2 Å². The first-order valence-corrected chi connectivity index (χ1v) is 7.13. The molecule has 0 atom stereocenters. The second kappa shape index (κ2) is 5.44. The lowest BCUT2D eigenvalue weighted by Crippen LogP contribution is -1.92. The summed E-state index contributed by atoms with van der Waals surface area (Å²) in [7, 11) is 1.95. The fraction of sp³-hybridized carbons (Fsp3) is 0.308. The Balaban J connectivity index is 1.53. The Labute approximate surface area is 115 Å². The standard InChI is InChI=1S/C13H14N4OS/c1-17-9-14-16-13(17)19-8-4-7-12-15-10-5-2-3-6-11(10)18-12/h2-3,5-6,9H,4,7-8H2,1H3. The zero-order valence-electron chi connectivity index (χ0n) is 10.6. The highest BCUT2D eigenvalue weighted by Crippen LogP contribution is 2.18. The summed E-state index contributed by atoms with van der Waals surface area (Å²) in [6, 6.07) is 7.84. The van der Waals surface area contributed by atoms with Gasteiger partial charge in [0.25, 0.3) is 0 Å². The quantitative estimate of drug-likeness (QED) is 0.529. The van der Waals surface area contributed by atoms with E-state index < -0.39 is 0 Å². The summed E-state index contributed by atoms with van der Waals surface area (Å²) in [5.41, 5.74) is 1.79. The zero-order chi connectivity index (χ0) is 13.1. The highest BCUT2D eigenvalue weighted by molar-refractivity contribution is 7.99. The number of benzene rings is 1. The topological polar surface area (TPSA) is 56.7 Å². The molecule has 0 fully saturated rings.